The van der Waals surface area contributed by atoms with E-state index in [-0.39, 0.29) is 0 Å². The lowest BCUT2D eigenvalue weighted by molar-refractivity contribution is 0.503. The van der Waals surface area contributed by atoms with Crippen LogP contribution in [0, 0.1) is 12.8 Å². The highest BCUT2D eigenvalue weighted by molar-refractivity contribution is 5.43. The van der Waals surface area contributed by atoms with Gasteiger partial charge in [-0.25, -0.2) is 4.98 Å². The van der Waals surface area contributed by atoms with E-state index >= 15 is 0 Å². The van der Waals surface area contributed by atoms with Crippen molar-refractivity contribution in [1.82, 2.24) is 4.98 Å². The van der Waals surface area contributed by atoms with E-state index in [4.69, 9.17) is 10.7 Å². The van der Waals surface area contributed by atoms with Gasteiger partial charge in [-0.05, 0) is 37.3 Å². The Hall–Kier alpha value is -1.09. The highest BCUT2D eigenvalue weighted by Crippen LogP contribution is 2.21. The molecule has 0 aliphatic carbocycles. The molecule has 0 radical (unpaired) electrons. The summed E-state index contributed by atoms with van der Waals surface area (Å²) in [5.74, 6) is 1.73. The van der Waals surface area contributed by atoms with Crippen molar-refractivity contribution in [1.29, 1.82) is 0 Å². The van der Waals surface area contributed by atoms with Crippen LogP contribution in [-0.2, 0) is 6.54 Å². The number of pyridine rings is 1. The second kappa shape index (κ2) is 7.49. The predicted molar refractivity (Wildman–Crippen MR) is 83.4 cm³/mol. The van der Waals surface area contributed by atoms with Gasteiger partial charge in [-0.3, -0.25) is 0 Å². The van der Waals surface area contributed by atoms with Crippen LogP contribution in [0.25, 0.3) is 0 Å². The van der Waals surface area contributed by atoms with Crippen LogP contribution in [0.2, 0.25) is 0 Å². The van der Waals surface area contributed by atoms with Crippen LogP contribution in [-0.4, -0.2) is 17.6 Å². The van der Waals surface area contributed by atoms with Crippen LogP contribution in [0.3, 0.4) is 0 Å². The predicted octanol–water partition coefficient (Wildman–Crippen LogP) is 3.50. The minimum absolute atomic E-state index is 0.564. The number of hydrogen-bond donors (Lipinski definition) is 1. The molecule has 1 rings (SSSR count). The van der Waals surface area contributed by atoms with Gasteiger partial charge in [-0.15, -0.1) is 0 Å². The smallest absolute Gasteiger partial charge is 0.129 e. The zero-order chi connectivity index (χ0) is 14.4. The Labute approximate surface area is 118 Å². The first-order valence-electron chi connectivity index (χ1n) is 7.46. The second-order valence-corrected chi connectivity index (χ2v) is 5.63. The molecule has 0 amide bonds. The summed E-state index contributed by atoms with van der Waals surface area (Å²) in [5.41, 5.74) is 7.91. The molecule has 108 valence electrons. The number of aromatic nitrogens is 1. The molecule has 1 aromatic heterocycles. The zero-order valence-corrected chi connectivity index (χ0v) is 13.1. The summed E-state index contributed by atoms with van der Waals surface area (Å²) < 4.78 is 0. The van der Waals surface area contributed by atoms with E-state index in [2.05, 4.69) is 44.7 Å². The van der Waals surface area contributed by atoms with Crippen LogP contribution in [0.5, 0.6) is 0 Å². The number of nitrogens with zero attached hydrogens (tertiary/aromatic N) is 2. The van der Waals surface area contributed by atoms with E-state index in [0.29, 0.717) is 18.5 Å². The molecule has 0 fully saturated rings. The molecule has 1 heterocycles. The van der Waals surface area contributed by atoms with Gasteiger partial charge in [0.1, 0.15) is 5.82 Å². The Balaban J connectivity index is 3.05. The minimum Gasteiger partial charge on any atom is -0.353 e. The van der Waals surface area contributed by atoms with E-state index in [1.807, 2.05) is 6.92 Å². The highest BCUT2D eigenvalue weighted by Gasteiger charge is 2.18. The molecule has 2 N–H and O–H groups in total. The van der Waals surface area contributed by atoms with E-state index < -0.39 is 0 Å². The van der Waals surface area contributed by atoms with Crippen molar-refractivity contribution < 1.29 is 0 Å². The fraction of sp³-hybridized carbons (Fsp3) is 0.688. The lowest BCUT2D eigenvalue weighted by atomic mass is 10.1. The standard InChI is InChI=1S/C16H29N3/c1-6-15(7-2)19(11-12(3)4)16-9-8-14(10-17)13(5)18-16/h8-9,12,15H,6-7,10-11,17H2,1-5H3. The molecule has 0 atom stereocenters. The van der Waals surface area contributed by atoms with Crippen molar-refractivity contribution in [2.24, 2.45) is 11.7 Å². The maximum Gasteiger partial charge on any atom is 0.129 e. The van der Waals surface area contributed by atoms with Crippen molar-refractivity contribution >= 4 is 5.82 Å². The van der Waals surface area contributed by atoms with Gasteiger partial charge in [0.25, 0.3) is 0 Å². The molecule has 0 saturated heterocycles. The van der Waals surface area contributed by atoms with E-state index in [0.717, 1.165) is 36.5 Å². The minimum atomic E-state index is 0.564. The Morgan fingerprint density at radius 2 is 1.84 bits per heavy atom. The first-order valence-corrected chi connectivity index (χ1v) is 7.46. The van der Waals surface area contributed by atoms with E-state index in [9.17, 15) is 0 Å². The lowest BCUT2D eigenvalue weighted by Crippen LogP contribution is -2.38. The van der Waals surface area contributed by atoms with Gasteiger partial charge in [-0.2, -0.15) is 0 Å². The normalized spacial score (nSPS) is 11.4. The molecule has 0 aromatic carbocycles. The number of anilines is 1. The number of nitrogens with two attached hydrogens (primary N) is 1. The monoisotopic (exact) mass is 263 g/mol. The second-order valence-electron chi connectivity index (χ2n) is 5.63. The molecule has 0 saturated carbocycles. The molecule has 3 nitrogen and oxygen atoms in total. The van der Waals surface area contributed by atoms with Crippen molar-refractivity contribution in [3.05, 3.63) is 23.4 Å². The Morgan fingerprint density at radius 3 is 2.26 bits per heavy atom. The summed E-state index contributed by atoms with van der Waals surface area (Å²) in [7, 11) is 0. The van der Waals surface area contributed by atoms with Gasteiger partial charge in [-0.1, -0.05) is 33.8 Å². The first-order chi connectivity index (χ1) is 9.03. The first kappa shape index (κ1) is 16.0. The Bertz CT molecular complexity index is 384. The summed E-state index contributed by atoms with van der Waals surface area (Å²) in [4.78, 5) is 7.22. The van der Waals surface area contributed by atoms with Gasteiger partial charge < -0.3 is 10.6 Å². The highest BCUT2D eigenvalue weighted by atomic mass is 15.2. The molecule has 3 heteroatoms. The molecule has 0 aliphatic heterocycles. The molecule has 0 aliphatic rings. The van der Waals surface area contributed by atoms with Gasteiger partial charge >= 0.3 is 0 Å². The van der Waals surface area contributed by atoms with Gasteiger partial charge in [0, 0.05) is 24.8 Å². The summed E-state index contributed by atoms with van der Waals surface area (Å²) in [6.07, 6.45) is 2.31. The van der Waals surface area contributed by atoms with Gasteiger partial charge in [0.05, 0.1) is 0 Å². The Kier molecular flexibility index (Phi) is 6.29. The maximum absolute atomic E-state index is 5.72. The van der Waals surface area contributed by atoms with Crippen LogP contribution >= 0.6 is 0 Å². The van der Waals surface area contributed by atoms with Crippen LogP contribution in [0.1, 0.15) is 51.8 Å². The third-order valence-electron chi connectivity index (χ3n) is 3.64. The average Bonchev–Trinajstić information content (AvgIpc) is 2.38. The van der Waals surface area contributed by atoms with Crippen LogP contribution < -0.4 is 10.6 Å². The largest absolute Gasteiger partial charge is 0.353 e. The van der Waals surface area contributed by atoms with E-state index in [1.165, 1.54) is 0 Å². The number of rotatable bonds is 7. The molecular formula is C16H29N3. The van der Waals surface area contributed by atoms with Gasteiger partial charge in [0.2, 0.25) is 0 Å². The third kappa shape index (κ3) is 4.20. The third-order valence-corrected chi connectivity index (χ3v) is 3.64. The summed E-state index contributed by atoms with van der Waals surface area (Å²) >= 11 is 0. The molecule has 0 unspecified atom stereocenters. The van der Waals surface area contributed by atoms with E-state index in [1.54, 1.807) is 0 Å². The van der Waals surface area contributed by atoms with Gasteiger partial charge in [0.15, 0.2) is 0 Å². The van der Waals surface area contributed by atoms with Crippen molar-refractivity contribution in [2.75, 3.05) is 11.4 Å². The number of aryl methyl sites for hydroxylation is 1. The number of hydrogen-bond acceptors (Lipinski definition) is 3. The van der Waals surface area contributed by atoms with Crippen LogP contribution in [0.15, 0.2) is 12.1 Å². The molecule has 1 aromatic rings. The summed E-state index contributed by atoms with van der Waals surface area (Å²) in [6.45, 7) is 12.7. The topological polar surface area (TPSA) is 42.1 Å². The SMILES string of the molecule is CCC(CC)N(CC(C)C)c1ccc(CN)c(C)n1. The molecule has 0 spiro atoms. The maximum atomic E-state index is 5.72. The molecule has 0 bridgehead atoms. The average molecular weight is 263 g/mol. The van der Waals surface area contributed by atoms with Crippen molar-refractivity contribution in [3.8, 4) is 0 Å². The fourth-order valence-electron chi connectivity index (χ4n) is 2.50. The lowest BCUT2D eigenvalue weighted by Gasteiger charge is -2.33. The molecular weight excluding hydrogens is 234 g/mol. The summed E-state index contributed by atoms with van der Waals surface area (Å²) in [5, 5.41) is 0. The van der Waals surface area contributed by atoms with Crippen LogP contribution in [0.4, 0.5) is 5.82 Å². The Morgan fingerprint density at radius 1 is 1.21 bits per heavy atom. The zero-order valence-electron chi connectivity index (χ0n) is 13.1. The quantitative estimate of drug-likeness (QED) is 0.818. The fourth-order valence-corrected chi connectivity index (χ4v) is 2.50. The van der Waals surface area contributed by atoms with Crippen molar-refractivity contribution in [3.63, 3.8) is 0 Å². The molecule has 19 heavy (non-hydrogen) atoms. The van der Waals surface area contributed by atoms with Crippen molar-refractivity contribution in [2.45, 2.75) is 60.0 Å². The summed E-state index contributed by atoms with van der Waals surface area (Å²) in [6, 6.07) is 4.81.